The van der Waals surface area contributed by atoms with Gasteiger partial charge in [-0.3, -0.25) is 19.2 Å². The molecule has 3 aliphatic rings. The number of likely N-dealkylation sites (tertiary alicyclic amines) is 1. The number of hydrogen-bond acceptors (Lipinski definition) is 6. The smallest absolute Gasteiger partial charge is 0.245 e. The first-order chi connectivity index (χ1) is 20.8. The molecule has 5 N–H and O–H groups in total. The molecule has 0 aromatic heterocycles. The molecule has 2 heterocycles. The lowest BCUT2D eigenvalue weighted by molar-refractivity contribution is -0.147. The van der Waals surface area contributed by atoms with Crippen molar-refractivity contribution < 1.29 is 23.6 Å². The van der Waals surface area contributed by atoms with Gasteiger partial charge in [-0.1, -0.05) is 31.4 Å². The van der Waals surface area contributed by atoms with Gasteiger partial charge in [-0.25, -0.2) is 4.39 Å². The molecule has 0 radical (unpaired) electrons. The molecule has 4 amide bonds. The molecule has 3 atom stereocenters. The highest BCUT2D eigenvalue weighted by atomic mass is 19.1. The van der Waals surface area contributed by atoms with Crippen LogP contribution in [0, 0.1) is 17.2 Å². The highest BCUT2D eigenvalue weighted by Gasteiger charge is 2.49. The monoisotopic (exact) mass is 614 g/mol. The summed E-state index contributed by atoms with van der Waals surface area (Å²) < 4.78 is 13.7. The second-order valence-electron chi connectivity index (χ2n) is 14.0. The number of benzene rings is 1. The Bertz CT molecular complexity index is 1170. The van der Waals surface area contributed by atoms with Gasteiger partial charge in [0.25, 0.3) is 0 Å². The van der Waals surface area contributed by atoms with E-state index in [0.29, 0.717) is 44.6 Å². The zero-order valence-electron chi connectivity index (χ0n) is 26.8. The molecule has 4 rings (SSSR count). The normalized spacial score (nSPS) is 22.5. The first kappa shape index (κ1) is 33.8. The zero-order chi connectivity index (χ0) is 32.1. The number of nitrogens with one attached hydrogen (secondary N) is 3. The van der Waals surface area contributed by atoms with Gasteiger partial charge in [0.15, 0.2) is 0 Å². The fourth-order valence-electron chi connectivity index (χ4n) is 7.03. The number of halogens is 1. The standard InChI is InChI=1S/C33H51FN6O4/c1-22(35)29(42)40-19-16-36-27(21-40)28(41)37-26(20-23-10-12-25(34)13-11-23)30(43)39-17-14-33(15-18-39,24-8-6-5-7-9-24)31(44)38-32(2,3)4/h10-13,22,24,26-27,36H,5-9,14-21,35H2,1-4H3,(H,37,41)(H,38,44)/t22?,26-,27+/m1/s1. The Morgan fingerprint density at radius 2 is 1.64 bits per heavy atom. The van der Waals surface area contributed by atoms with Crippen molar-refractivity contribution in [1.82, 2.24) is 25.8 Å². The minimum Gasteiger partial charge on any atom is -0.351 e. The first-order valence-corrected chi connectivity index (χ1v) is 16.2. The molecular weight excluding hydrogens is 563 g/mol. The van der Waals surface area contributed by atoms with E-state index in [-0.39, 0.29) is 53.9 Å². The second-order valence-corrected chi connectivity index (χ2v) is 14.0. The summed E-state index contributed by atoms with van der Waals surface area (Å²) in [4.78, 5) is 57.2. The third kappa shape index (κ3) is 8.35. The van der Waals surface area contributed by atoms with E-state index < -0.39 is 23.5 Å². The Morgan fingerprint density at radius 3 is 2.23 bits per heavy atom. The van der Waals surface area contributed by atoms with Crippen molar-refractivity contribution in [2.45, 2.75) is 103 Å². The van der Waals surface area contributed by atoms with E-state index in [1.165, 1.54) is 18.6 Å². The van der Waals surface area contributed by atoms with Crippen molar-refractivity contribution in [2.75, 3.05) is 32.7 Å². The highest BCUT2D eigenvalue weighted by Crippen LogP contribution is 2.46. The first-order valence-electron chi connectivity index (χ1n) is 16.2. The molecule has 1 unspecified atom stereocenters. The Kier molecular flexibility index (Phi) is 11.0. The second kappa shape index (κ2) is 14.4. The largest absolute Gasteiger partial charge is 0.351 e. The van der Waals surface area contributed by atoms with Crippen LogP contribution in [0.3, 0.4) is 0 Å². The van der Waals surface area contributed by atoms with Crippen LogP contribution in [-0.4, -0.2) is 89.8 Å². The minimum absolute atomic E-state index is 0.0782. The van der Waals surface area contributed by atoms with Crippen LogP contribution >= 0.6 is 0 Å². The molecule has 10 nitrogen and oxygen atoms in total. The van der Waals surface area contributed by atoms with Gasteiger partial charge in [0.2, 0.25) is 23.6 Å². The van der Waals surface area contributed by atoms with Crippen molar-refractivity contribution in [3.63, 3.8) is 0 Å². The van der Waals surface area contributed by atoms with Crippen molar-refractivity contribution in [1.29, 1.82) is 0 Å². The summed E-state index contributed by atoms with van der Waals surface area (Å²) in [5, 5.41) is 9.33. The van der Waals surface area contributed by atoms with Gasteiger partial charge in [-0.05, 0) is 77.0 Å². The van der Waals surface area contributed by atoms with Gasteiger partial charge in [0.1, 0.15) is 17.9 Å². The van der Waals surface area contributed by atoms with E-state index in [1.807, 2.05) is 20.8 Å². The number of hydrogen-bond donors (Lipinski definition) is 4. The van der Waals surface area contributed by atoms with E-state index in [9.17, 15) is 23.6 Å². The van der Waals surface area contributed by atoms with Gasteiger partial charge < -0.3 is 31.5 Å². The molecule has 2 saturated heterocycles. The summed E-state index contributed by atoms with van der Waals surface area (Å²) in [5.74, 6) is -0.858. The van der Waals surface area contributed by atoms with Gasteiger partial charge in [-0.15, -0.1) is 0 Å². The van der Waals surface area contributed by atoms with Crippen LogP contribution in [0.5, 0.6) is 0 Å². The van der Waals surface area contributed by atoms with Gasteiger partial charge in [-0.2, -0.15) is 0 Å². The van der Waals surface area contributed by atoms with Crippen LogP contribution in [0.2, 0.25) is 0 Å². The van der Waals surface area contributed by atoms with E-state index in [2.05, 4.69) is 16.0 Å². The maximum atomic E-state index is 14.1. The topological polar surface area (TPSA) is 137 Å². The number of piperidine rings is 1. The Hall–Kier alpha value is -3.05. The maximum absolute atomic E-state index is 14.1. The average molecular weight is 615 g/mol. The van der Waals surface area contributed by atoms with Crippen LogP contribution in [-0.2, 0) is 25.6 Å². The third-order valence-corrected chi connectivity index (χ3v) is 9.46. The predicted octanol–water partition coefficient (Wildman–Crippen LogP) is 2.10. The molecule has 2 aliphatic heterocycles. The molecule has 1 saturated carbocycles. The fourth-order valence-corrected chi connectivity index (χ4v) is 7.03. The summed E-state index contributed by atoms with van der Waals surface area (Å²) in [5.41, 5.74) is 5.62. The van der Waals surface area contributed by atoms with Crippen molar-refractivity contribution in [2.24, 2.45) is 17.1 Å². The number of nitrogens with two attached hydrogens (primary N) is 1. The zero-order valence-corrected chi connectivity index (χ0v) is 26.8. The van der Waals surface area contributed by atoms with Crippen LogP contribution < -0.4 is 21.7 Å². The van der Waals surface area contributed by atoms with Crippen molar-refractivity contribution >= 4 is 23.6 Å². The summed E-state index contributed by atoms with van der Waals surface area (Å²) in [6.45, 7) is 9.46. The molecule has 244 valence electrons. The summed E-state index contributed by atoms with van der Waals surface area (Å²) in [6.07, 6.45) is 6.79. The molecule has 1 aromatic rings. The lowest BCUT2D eigenvalue weighted by Crippen LogP contribution is -2.63. The average Bonchev–Trinajstić information content (AvgIpc) is 3.00. The Labute approximate surface area is 261 Å². The number of piperazine rings is 1. The van der Waals surface area contributed by atoms with Gasteiger partial charge in [0.05, 0.1) is 11.5 Å². The molecule has 1 aromatic carbocycles. The molecular formula is C33H51FN6O4. The predicted molar refractivity (Wildman–Crippen MR) is 167 cm³/mol. The van der Waals surface area contributed by atoms with Crippen molar-refractivity contribution in [3.8, 4) is 0 Å². The third-order valence-electron chi connectivity index (χ3n) is 9.46. The minimum atomic E-state index is -0.889. The quantitative estimate of drug-likeness (QED) is 0.354. The maximum Gasteiger partial charge on any atom is 0.245 e. The van der Waals surface area contributed by atoms with Crippen LogP contribution in [0.25, 0.3) is 0 Å². The van der Waals surface area contributed by atoms with E-state index in [1.54, 1.807) is 28.9 Å². The molecule has 0 bridgehead atoms. The number of carbonyl (C=O) groups excluding carboxylic acids is 4. The SMILES string of the molecule is CC(N)C(=O)N1CCN[C@H](C(=O)N[C@H](Cc2ccc(F)cc2)C(=O)N2CCC(C(=O)NC(C)(C)C)(C3CCCCC3)CC2)C1. The molecule has 0 spiro atoms. The van der Waals surface area contributed by atoms with Crippen LogP contribution in [0.15, 0.2) is 24.3 Å². The van der Waals surface area contributed by atoms with Crippen LogP contribution in [0.1, 0.15) is 78.2 Å². The lowest BCUT2D eigenvalue weighted by atomic mass is 9.63. The summed E-state index contributed by atoms with van der Waals surface area (Å²) in [6, 6.07) is 3.65. The van der Waals surface area contributed by atoms with Gasteiger partial charge >= 0.3 is 0 Å². The fraction of sp³-hybridized carbons (Fsp3) is 0.697. The van der Waals surface area contributed by atoms with E-state index in [4.69, 9.17) is 5.73 Å². The summed E-state index contributed by atoms with van der Waals surface area (Å²) in [7, 11) is 0. The number of carbonyl (C=O) groups is 4. The van der Waals surface area contributed by atoms with E-state index in [0.717, 1.165) is 25.7 Å². The molecule has 3 fully saturated rings. The highest BCUT2D eigenvalue weighted by molar-refractivity contribution is 5.91. The van der Waals surface area contributed by atoms with E-state index >= 15 is 0 Å². The van der Waals surface area contributed by atoms with Crippen LogP contribution in [0.4, 0.5) is 4.39 Å². The number of rotatable bonds is 8. The Balaban J connectivity index is 1.50. The Morgan fingerprint density at radius 1 is 1.00 bits per heavy atom. The number of nitrogens with zero attached hydrogens (tertiary/aromatic N) is 2. The molecule has 1 aliphatic carbocycles. The number of amides is 4. The summed E-state index contributed by atoms with van der Waals surface area (Å²) >= 11 is 0. The van der Waals surface area contributed by atoms with Gasteiger partial charge in [0, 0.05) is 44.7 Å². The van der Waals surface area contributed by atoms with Crippen molar-refractivity contribution in [3.05, 3.63) is 35.6 Å². The molecule has 11 heteroatoms. The lowest BCUT2D eigenvalue weighted by Gasteiger charge is -2.48. The molecule has 44 heavy (non-hydrogen) atoms.